The second-order valence-electron chi connectivity index (χ2n) is 5.85. The topological polar surface area (TPSA) is 65.0 Å². The van der Waals surface area contributed by atoms with Crippen molar-refractivity contribution < 1.29 is 24.4 Å². The summed E-state index contributed by atoms with van der Waals surface area (Å²) < 4.78 is 10.6. The first-order valence-corrected chi connectivity index (χ1v) is 7.75. The lowest BCUT2D eigenvalue weighted by Gasteiger charge is -2.20. The van der Waals surface area contributed by atoms with Gasteiger partial charge in [-0.05, 0) is 37.1 Å². The maximum absolute atomic E-state index is 11.9. The Morgan fingerprint density at radius 2 is 1.67 bits per heavy atom. The van der Waals surface area contributed by atoms with Crippen LogP contribution >= 0.6 is 0 Å². The van der Waals surface area contributed by atoms with Crippen molar-refractivity contribution in [2.45, 2.75) is 26.1 Å². The summed E-state index contributed by atoms with van der Waals surface area (Å²) in [5, 5.41) is 8.87. The molecule has 0 amide bonds. The highest BCUT2D eigenvalue weighted by Crippen LogP contribution is 2.23. The van der Waals surface area contributed by atoms with E-state index in [-0.39, 0.29) is 6.61 Å². The molecule has 0 saturated carbocycles. The number of hydrogen-bond acceptors (Lipinski definition) is 5. The van der Waals surface area contributed by atoms with Crippen LogP contribution in [-0.2, 0) is 26.6 Å². The van der Waals surface area contributed by atoms with Crippen molar-refractivity contribution >= 4 is 5.97 Å². The third-order valence-corrected chi connectivity index (χ3v) is 3.62. The SMILES string of the molecule is CC(C)(OO)c1ccc(C(=O)OCCOCc2ccccc2)cc1. The maximum Gasteiger partial charge on any atom is 0.338 e. The summed E-state index contributed by atoms with van der Waals surface area (Å²) in [6, 6.07) is 16.5. The minimum atomic E-state index is -0.826. The van der Waals surface area contributed by atoms with Crippen LogP contribution in [0.4, 0.5) is 0 Å². The zero-order valence-corrected chi connectivity index (χ0v) is 13.9. The third kappa shape index (κ3) is 5.16. The molecule has 0 saturated heterocycles. The Labute approximate surface area is 141 Å². The second-order valence-corrected chi connectivity index (χ2v) is 5.85. The molecular formula is C19H22O5. The number of esters is 1. The van der Waals surface area contributed by atoms with Gasteiger partial charge in [-0.2, -0.15) is 0 Å². The summed E-state index contributed by atoms with van der Waals surface area (Å²) >= 11 is 0. The lowest BCUT2D eigenvalue weighted by Crippen LogP contribution is -2.19. The predicted octanol–water partition coefficient (Wildman–Crippen LogP) is 3.78. The van der Waals surface area contributed by atoms with Crippen molar-refractivity contribution in [2.75, 3.05) is 13.2 Å². The summed E-state index contributed by atoms with van der Waals surface area (Å²) in [6.45, 7) is 4.47. The van der Waals surface area contributed by atoms with E-state index in [2.05, 4.69) is 4.89 Å². The van der Waals surface area contributed by atoms with E-state index in [9.17, 15) is 4.79 Å². The minimum absolute atomic E-state index is 0.193. The van der Waals surface area contributed by atoms with Gasteiger partial charge < -0.3 is 9.47 Å². The Hall–Kier alpha value is -2.21. The van der Waals surface area contributed by atoms with E-state index in [4.69, 9.17) is 14.7 Å². The normalized spacial score (nSPS) is 11.3. The third-order valence-electron chi connectivity index (χ3n) is 3.62. The lowest BCUT2D eigenvalue weighted by molar-refractivity contribution is -0.318. The predicted molar refractivity (Wildman–Crippen MR) is 89.6 cm³/mol. The van der Waals surface area contributed by atoms with Crippen LogP contribution in [-0.4, -0.2) is 24.4 Å². The number of hydrogen-bond donors (Lipinski definition) is 1. The van der Waals surface area contributed by atoms with Gasteiger partial charge in [0, 0.05) is 0 Å². The van der Waals surface area contributed by atoms with Gasteiger partial charge in [0.05, 0.1) is 18.8 Å². The molecule has 2 aromatic rings. The van der Waals surface area contributed by atoms with Crippen LogP contribution < -0.4 is 0 Å². The Balaban J connectivity index is 1.74. The first-order chi connectivity index (χ1) is 11.5. The van der Waals surface area contributed by atoms with E-state index >= 15 is 0 Å². The zero-order chi connectivity index (χ0) is 17.4. The molecule has 0 aromatic heterocycles. The molecule has 2 aromatic carbocycles. The molecule has 0 radical (unpaired) electrons. The van der Waals surface area contributed by atoms with Gasteiger partial charge in [-0.15, -0.1) is 0 Å². The van der Waals surface area contributed by atoms with E-state index in [0.29, 0.717) is 18.8 Å². The van der Waals surface area contributed by atoms with Crippen LogP contribution in [0.15, 0.2) is 54.6 Å². The Morgan fingerprint density at radius 1 is 1.00 bits per heavy atom. The quantitative estimate of drug-likeness (QED) is 0.345. The largest absolute Gasteiger partial charge is 0.460 e. The molecular weight excluding hydrogens is 308 g/mol. The smallest absolute Gasteiger partial charge is 0.338 e. The fourth-order valence-corrected chi connectivity index (χ4v) is 2.10. The highest BCUT2D eigenvalue weighted by Gasteiger charge is 2.21. The molecule has 128 valence electrons. The molecule has 0 atom stereocenters. The molecule has 24 heavy (non-hydrogen) atoms. The molecule has 1 N–H and O–H groups in total. The fourth-order valence-electron chi connectivity index (χ4n) is 2.10. The first-order valence-electron chi connectivity index (χ1n) is 7.75. The van der Waals surface area contributed by atoms with E-state index in [1.165, 1.54) is 0 Å². The number of ether oxygens (including phenoxy) is 2. The molecule has 0 fully saturated rings. The van der Waals surface area contributed by atoms with Gasteiger partial charge >= 0.3 is 5.97 Å². The van der Waals surface area contributed by atoms with E-state index in [1.807, 2.05) is 30.3 Å². The number of carbonyl (C=O) groups is 1. The van der Waals surface area contributed by atoms with Gasteiger partial charge in [-0.1, -0.05) is 42.5 Å². The van der Waals surface area contributed by atoms with E-state index < -0.39 is 11.6 Å². The summed E-state index contributed by atoms with van der Waals surface area (Å²) in [5.74, 6) is -0.410. The van der Waals surface area contributed by atoms with E-state index in [0.717, 1.165) is 11.1 Å². The van der Waals surface area contributed by atoms with Gasteiger partial charge in [0.15, 0.2) is 0 Å². The van der Waals surface area contributed by atoms with Crippen molar-refractivity contribution in [2.24, 2.45) is 0 Å². The summed E-state index contributed by atoms with van der Waals surface area (Å²) in [6.07, 6.45) is 0. The molecule has 5 heteroatoms. The monoisotopic (exact) mass is 330 g/mol. The van der Waals surface area contributed by atoms with Gasteiger partial charge in [0.2, 0.25) is 0 Å². The van der Waals surface area contributed by atoms with Crippen molar-refractivity contribution in [1.29, 1.82) is 0 Å². The summed E-state index contributed by atoms with van der Waals surface area (Å²) in [5.41, 5.74) is 1.45. The number of benzene rings is 2. The Bertz CT molecular complexity index is 635. The molecule has 0 heterocycles. The highest BCUT2D eigenvalue weighted by molar-refractivity contribution is 5.89. The second kappa shape index (κ2) is 8.59. The van der Waals surface area contributed by atoms with Gasteiger partial charge in [0.1, 0.15) is 12.2 Å². The summed E-state index contributed by atoms with van der Waals surface area (Å²) in [4.78, 5) is 16.4. The van der Waals surface area contributed by atoms with Crippen LogP contribution in [0, 0.1) is 0 Å². The van der Waals surface area contributed by atoms with Crippen molar-refractivity contribution in [3.63, 3.8) is 0 Å². The molecule has 2 rings (SSSR count). The van der Waals surface area contributed by atoms with Crippen LogP contribution in [0.3, 0.4) is 0 Å². The van der Waals surface area contributed by atoms with Crippen LogP contribution in [0.5, 0.6) is 0 Å². The average molecular weight is 330 g/mol. The van der Waals surface area contributed by atoms with Gasteiger partial charge in [-0.3, -0.25) is 5.26 Å². The average Bonchev–Trinajstić information content (AvgIpc) is 2.62. The van der Waals surface area contributed by atoms with Crippen LogP contribution in [0.1, 0.15) is 35.3 Å². The molecule has 0 aliphatic rings. The molecule has 0 aliphatic heterocycles. The fraction of sp³-hybridized carbons (Fsp3) is 0.316. The minimum Gasteiger partial charge on any atom is -0.460 e. The summed E-state index contributed by atoms with van der Waals surface area (Å²) in [7, 11) is 0. The van der Waals surface area contributed by atoms with Crippen molar-refractivity contribution in [1.82, 2.24) is 0 Å². The zero-order valence-electron chi connectivity index (χ0n) is 13.9. The van der Waals surface area contributed by atoms with Gasteiger partial charge in [0.25, 0.3) is 0 Å². The van der Waals surface area contributed by atoms with Crippen LogP contribution in [0.25, 0.3) is 0 Å². The Morgan fingerprint density at radius 3 is 2.29 bits per heavy atom. The number of rotatable bonds is 8. The molecule has 0 aliphatic carbocycles. The highest BCUT2D eigenvalue weighted by atomic mass is 17.1. The van der Waals surface area contributed by atoms with Crippen molar-refractivity contribution in [3.05, 3.63) is 71.3 Å². The number of carbonyl (C=O) groups excluding carboxylic acids is 1. The van der Waals surface area contributed by atoms with E-state index in [1.54, 1.807) is 38.1 Å². The molecule has 5 nitrogen and oxygen atoms in total. The lowest BCUT2D eigenvalue weighted by atomic mass is 9.97. The van der Waals surface area contributed by atoms with Crippen molar-refractivity contribution in [3.8, 4) is 0 Å². The first kappa shape index (κ1) is 18.1. The van der Waals surface area contributed by atoms with Crippen LogP contribution in [0.2, 0.25) is 0 Å². The van der Waals surface area contributed by atoms with Gasteiger partial charge in [-0.25, -0.2) is 9.68 Å². The molecule has 0 unspecified atom stereocenters. The molecule has 0 bridgehead atoms. The Kier molecular flexibility index (Phi) is 6.49. The standard InChI is InChI=1S/C19H22O5/c1-19(2,24-21)17-10-8-16(9-11-17)18(20)23-13-12-22-14-15-6-4-3-5-7-15/h3-11,21H,12-14H2,1-2H3. The maximum atomic E-state index is 11.9. The molecule has 0 spiro atoms.